The fourth-order valence-corrected chi connectivity index (χ4v) is 3.37. The first-order valence-electron chi connectivity index (χ1n) is 11.9. The molecule has 2 fully saturated rings. The molecule has 0 aromatic rings. The summed E-state index contributed by atoms with van der Waals surface area (Å²) in [6.45, 7) is 10.4. The van der Waals surface area contributed by atoms with Gasteiger partial charge < -0.3 is 38.2 Å². The summed E-state index contributed by atoms with van der Waals surface area (Å²) >= 11 is 0. The largest absolute Gasteiger partial charge is 0.442 e. The van der Waals surface area contributed by atoms with Gasteiger partial charge in [-0.3, -0.25) is 0 Å². The van der Waals surface area contributed by atoms with E-state index in [1.165, 1.54) is 0 Å². The lowest BCUT2D eigenvalue weighted by atomic mass is 10.3. The van der Waals surface area contributed by atoms with E-state index in [0.717, 1.165) is 38.8 Å². The van der Waals surface area contributed by atoms with E-state index in [-0.39, 0.29) is 24.4 Å². The van der Waals surface area contributed by atoms with Crippen molar-refractivity contribution in [1.29, 1.82) is 0 Å². The monoisotopic (exact) mass is 460 g/mol. The van der Waals surface area contributed by atoms with Crippen LogP contribution in [0.25, 0.3) is 0 Å². The minimum absolute atomic E-state index is 0.199. The summed E-state index contributed by atoms with van der Waals surface area (Å²) in [5.41, 5.74) is 0. The molecule has 2 saturated heterocycles. The zero-order chi connectivity index (χ0) is 23.0. The van der Waals surface area contributed by atoms with Gasteiger partial charge in [-0.25, -0.2) is 9.59 Å². The van der Waals surface area contributed by atoms with E-state index in [4.69, 9.17) is 28.4 Å². The molecule has 0 N–H and O–H groups in total. The first kappa shape index (κ1) is 26.6. The Morgan fingerprint density at radius 3 is 1.44 bits per heavy atom. The van der Waals surface area contributed by atoms with E-state index in [2.05, 4.69) is 13.8 Å². The summed E-state index contributed by atoms with van der Waals surface area (Å²) in [6, 6.07) is 0. The SMILES string of the molecule is CCCCN1CC(COCCOCCOCCOCC2CN(CCCC)C(=O)O2)OC1=O. The van der Waals surface area contributed by atoms with Gasteiger partial charge >= 0.3 is 12.2 Å². The van der Waals surface area contributed by atoms with Gasteiger partial charge in [0.2, 0.25) is 0 Å². The minimum Gasteiger partial charge on any atom is -0.442 e. The van der Waals surface area contributed by atoms with Crippen molar-refractivity contribution in [2.24, 2.45) is 0 Å². The molecule has 2 aliphatic heterocycles. The van der Waals surface area contributed by atoms with Crippen molar-refractivity contribution in [2.45, 2.75) is 51.7 Å². The Kier molecular flexibility index (Phi) is 13.4. The molecule has 2 amide bonds. The lowest BCUT2D eigenvalue weighted by Crippen LogP contribution is -2.27. The van der Waals surface area contributed by atoms with Gasteiger partial charge in [0.05, 0.1) is 65.9 Å². The summed E-state index contributed by atoms with van der Waals surface area (Å²) < 4.78 is 32.6. The molecule has 2 unspecified atom stereocenters. The van der Waals surface area contributed by atoms with Gasteiger partial charge in [-0.2, -0.15) is 0 Å². The van der Waals surface area contributed by atoms with E-state index in [0.29, 0.717) is 65.9 Å². The van der Waals surface area contributed by atoms with E-state index < -0.39 is 0 Å². The number of unbranched alkanes of at least 4 members (excludes halogenated alkanes) is 2. The average Bonchev–Trinajstić information content (AvgIpc) is 3.32. The predicted octanol–water partition coefficient (Wildman–Crippen LogP) is 2.29. The van der Waals surface area contributed by atoms with Crippen molar-refractivity contribution in [3.05, 3.63) is 0 Å². The molecule has 2 aliphatic rings. The highest BCUT2D eigenvalue weighted by Crippen LogP contribution is 2.13. The number of hydrogen-bond donors (Lipinski definition) is 0. The topological polar surface area (TPSA) is 96.0 Å². The van der Waals surface area contributed by atoms with E-state index in [1.54, 1.807) is 9.80 Å². The quantitative estimate of drug-likeness (QED) is 0.271. The van der Waals surface area contributed by atoms with Crippen LogP contribution in [0.15, 0.2) is 0 Å². The van der Waals surface area contributed by atoms with Crippen LogP contribution in [-0.2, 0) is 28.4 Å². The van der Waals surface area contributed by atoms with E-state index >= 15 is 0 Å². The normalized spacial score (nSPS) is 20.8. The van der Waals surface area contributed by atoms with Gasteiger partial charge in [-0.1, -0.05) is 26.7 Å². The Hall–Kier alpha value is -1.62. The molecule has 0 aromatic carbocycles. The van der Waals surface area contributed by atoms with Gasteiger partial charge in [0, 0.05) is 13.1 Å². The molecule has 0 spiro atoms. The van der Waals surface area contributed by atoms with Crippen LogP contribution in [0, 0.1) is 0 Å². The third-order valence-electron chi connectivity index (χ3n) is 5.19. The molecule has 2 heterocycles. The molecule has 0 aromatic heterocycles. The maximum atomic E-state index is 11.7. The lowest BCUT2D eigenvalue weighted by molar-refractivity contribution is -0.0197. The average molecular weight is 461 g/mol. The van der Waals surface area contributed by atoms with Crippen molar-refractivity contribution in [3.8, 4) is 0 Å². The molecule has 32 heavy (non-hydrogen) atoms. The summed E-state index contributed by atoms with van der Waals surface area (Å²) in [5.74, 6) is 0. The molecular formula is C22H40N2O8. The Balaban J connectivity index is 1.33. The van der Waals surface area contributed by atoms with Crippen LogP contribution < -0.4 is 0 Å². The van der Waals surface area contributed by atoms with Gasteiger partial charge in [0.25, 0.3) is 0 Å². The molecule has 10 heteroatoms. The number of nitrogens with zero attached hydrogens (tertiary/aromatic N) is 2. The molecule has 10 nitrogen and oxygen atoms in total. The maximum absolute atomic E-state index is 11.7. The fraction of sp³-hybridized carbons (Fsp3) is 0.909. The van der Waals surface area contributed by atoms with Crippen LogP contribution in [0.2, 0.25) is 0 Å². The minimum atomic E-state index is -0.248. The molecular weight excluding hydrogens is 420 g/mol. The highest BCUT2D eigenvalue weighted by molar-refractivity contribution is 5.70. The van der Waals surface area contributed by atoms with Crippen molar-refractivity contribution in [3.63, 3.8) is 0 Å². The summed E-state index contributed by atoms with van der Waals surface area (Å²) in [5, 5.41) is 0. The van der Waals surface area contributed by atoms with Crippen LogP contribution >= 0.6 is 0 Å². The van der Waals surface area contributed by atoms with Crippen LogP contribution in [-0.4, -0.2) is 113 Å². The Morgan fingerprint density at radius 2 is 1.06 bits per heavy atom. The number of amides is 2. The molecule has 2 atom stereocenters. The van der Waals surface area contributed by atoms with E-state index in [9.17, 15) is 9.59 Å². The number of carbonyl (C=O) groups excluding carboxylic acids is 2. The zero-order valence-corrected chi connectivity index (χ0v) is 19.6. The first-order chi connectivity index (χ1) is 15.6. The highest BCUT2D eigenvalue weighted by atomic mass is 16.6. The second-order valence-corrected chi connectivity index (χ2v) is 7.99. The van der Waals surface area contributed by atoms with Crippen LogP contribution in [0.4, 0.5) is 9.59 Å². The van der Waals surface area contributed by atoms with Crippen LogP contribution in [0.3, 0.4) is 0 Å². The predicted molar refractivity (Wildman–Crippen MR) is 117 cm³/mol. The number of carbonyl (C=O) groups is 2. The smallest absolute Gasteiger partial charge is 0.410 e. The second kappa shape index (κ2) is 16.1. The summed E-state index contributed by atoms with van der Waals surface area (Å²) in [4.78, 5) is 26.9. The van der Waals surface area contributed by atoms with Crippen molar-refractivity contribution < 1.29 is 38.0 Å². The zero-order valence-electron chi connectivity index (χ0n) is 19.6. The number of cyclic esters (lactones) is 2. The van der Waals surface area contributed by atoms with Gasteiger partial charge in [-0.05, 0) is 12.8 Å². The number of rotatable bonds is 19. The van der Waals surface area contributed by atoms with Crippen molar-refractivity contribution in [1.82, 2.24) is 9.80 Å². The Morgan fingerprint density at radius 1 is 0.688 bits per heavy atom. The first-order valence-corrected chi connectivity index (χ1v) is 11.9. The molecule has 186 valence electrons. The Labute approximate surface area is 191 Å². The van der Waals surface area contributed by atoms with Crippen molar-refractivity contribution >= 4 is 12.2 Å². The maximum Gasteiger partial charge on any atom is 0.410 e. The van der Waals surface area contributed by atoms with E-state index in [1.807, 2.05) is 0 Å². The molecule has 0 saturated carbocycles. The fourth-order valence-electron chi connectivity index (χ4n) is 3.37. The molecule has 0 bridgehead atoms. The molecule has 0 aliphatic carbocycles. The van der Waals surface area contributed by atoms with Crippen LogP contribution in [0.1, 0.15) is 39.5 Å². The van der Waals surface area contributed by atoms with Gasteiger partial charge in [-0.15, -0.1) is 0 Å². The number of ether oxygens (including phenoxy) is 6. The van der Waals surface area contributed by atoms with Crippen molar-refractivity contribution in [2.75, 3.05) is 79.0 Å². The van der Waals surface area contributed by atoms with Crippen LogP contribution in [0.5, 0.6) is 0 Å². The molecule has 2 rings (SSSR count). The van der Waals surface area contributed by atoms with Gasteiger partial charge in [0.1, 0.15) is 12.2 Å². The summed E-state index contributed by atoms with van der Waals surface area (Å²) in [6.07, 6.45) is 3.18. The standard InChI is InChI=1S/C22H40N2O8/c1-3-5-7-23-15-19(31-21(23)25)17-29-13-11-27-9-10-28-12-14-30-18-20-16-24(8-6-4-2)22(26)32-20/h19-20H,3-18H2,1-2H3. The Bertz CT molecular complexity index is 490. The second-order valence-electron chi connectivity index (χ2n) is 7.99. The summed E-state index contributed by atoms with van der Waals surface area (Å²) in [7, 11) is 0. The molecule has 0 radical (unpaired) electrons. The third kappa shape index (κ3) is 10.3. The highest BCUT2D eigenvalue weighted by Gasteiger charge is 2.31. The lowest BCUT2D eigenvalue weighted by Gasteiger charge is -2.12. The third-order valence-corrected chi connectivity index (χ3v) is 5.19. The number of hydrogen-bond acceptors (Lipinski definition) is 8. The van der Waals surface area contributed by atoms with Gasteiger partial charge in [0.15, 0.2) is 0 Å².